The molecule has 0 saturated carbocycles. The van der Waals surface area contributed by atoms with Gasteiger partial charge in [0.15, 0.2) is 0 Å². The van der Waals surface area contributed by atoms with Gasteiger partial charge >= 0.3 is 0 Å². The van der Waals surface area contributed by atoms with Gasteiger partial charge in [0.1, 0.15) is 0 Å². The number of hydrogen-bond acceptors (Lipinski definition) is 1. The highest BCUT2D eigenvalue weighted by Gasteiger charge is 2.33. The average Bonchev–Trinajstić information content (AvgIpc) is 3.79. The number of benzene rings is 10. The summed E-state index contributed by atoms with van der Waals surface area (Å²) in [6, 6.07) is 60.0. The first-order valence-corrected chi connectivity index (χ1v) is 22.3. The van der Waals surface area contributed by atoms with E-state index >= 15 is 0 Å². The van der Waals surface area contributed by atoms with E-state index < -0.39 is 0 Å². The molecule has 1 aliphatic carbocycles. The first-order chi connectivity index (χ1) is 29.7. The molecule has 10 aromatic carbocycles. The molecule has 0 unspecified atom stereocenters. The monoisotopic (exact) mass is 796 g/mol. The molecule has 0 aliphatic heterocycles. The minimum atomic E-state index is 1.25. The van der Waals surface area contributed by atoms with Crippen molar-refractivity contribution in [2.75, 3.05) is 0 Å². The van der Waals surface area contributed by atoms with Gasteiger partial charge < -0.3 is 0 Å². The Morgan fingerprint density at radius 1 is 0.311 bits per heavy atom. The van der Waals surface area contributed by atoms with Crippen LogP contribution in [0.25, 0.3) is 119 Å². The van der Waals surface area contributed by atoms with Crippen LogP contribution in [0, 0.1) is 41.5 Å². The van der Waals surface area contributed by atoms with E-state index in [-0.39, 0.29) is 0 Å². The van der Waals surface area contributed by atoms with Crippen LogP contribution < -0.4 is 0 Å². The van der Waals surface area contributed by atoms with Gasteiger partial charge in [-0.15, -0.1) is 11.3 Å². The smallest absolute Gasteiger partial charge is 0.0440 e. The minimum absolute atomic E-state index is 1.25. The molecule has 0 fully saturated rings. The van der Waals surface area contributed by atoms with E-state index in [4.69, 9.17) is 0 Å². The average molecular weight is 797 g/mol. The summed E-state index contributed by atoms with van der Waals surface area (Å²) in [5.74, 6) is 0. The predicted octanol–water partition coefficient (Wildman–Crippen LogP) is 17.7. The lowest BCUT2D eigenvalue weighted by Gasteiger charge is -2.24. The number of rotatable bonds is 4. The van der Waals surface area contributed by atoms with Gasteiger partial charge in [0, 0.05) is 25.7 Å². The van der Waals surface area contributed by atoms with Crippen LogP contribution in [0.1, 0.15) is 33.4 Å². The summed E-state index contributed by atoms with van der Waals surface area (Å²) in [4.78, 5) is 0. The Morgan fingerprint density at radius 2 is 0.852 bits per heavy atom. The Bertz CT molecular complexity index is 3530. The molecule has 1 heterocycles. The lowest BCUT2D eigenvalue weighted by Crippen LogP contribution is -1.99. The molecule has 0 radical (unpaired) electrons. The van der Waals surface area contributed by atoms with E-state index in [1.807, 2.05) is 11.3 Å². The maximum atomic E-state index is 2.47. The molecule has 1 aromatic heterocycles. The van der Waals surface area contributed by atoms with Crippen molar-refractivity contribution in [2.45, 2.75) is 41.5 Å². The van der Waals surface area contributed by atoms with Gasteiger partial charge in [-0.05, 0) is 176 Å². The summed E-state index contributed by atoms with van der Waals surface area (Å²) >= 11 is 1.93. The maximum Gasteiger partial charge on any atom is 0.0440 e. The lowest BCUT2D eigenvalue weighted by atomic mass is 9.79. The quantitative estimate of drug-likeness (QED) is 0.166. The fourth-order valence-corrected chi connectivity index (χ4v) is 12.6. The van der Waals surface area contributed by atoms with Crippen LogP contribution >= 0.6 is 11.3 Å². The van der Waals surface area contributed by atoms with Crippen molar-refractivity contribution < 1.29 is 0 Å². The van der Waals surface area contributed by atoms with Crippen LogP contribution in [-0.4, -0.2) is 0 Å². The highest BCUT2D eigenvalue weighted by molar-refractivity contribution is 7.26. The Balaban J connectivity index is 1.22. The zero-order valence-electron chi connectivity index (χ0n) is 35.4. The Hall–Kier alpha value is -6.80. The molecule has 0 spiro atoms. The zero-order valence-corrected chi connectivity index (χ0v) is 36.2. The maximum absolute atomic E-state index is 2.47. The van der Waals surface area contributed by atoms with Crippen molar-refractivity contribution in [3.8, 4) is 66.8 Å². The molecule has 0 amide bonds. The molecular formula is C60H44S. The third-order valence-electron chi connectivity index (χ3n) is 13.5. The summed E-state index contributed by atoms with van der Waals surface area (Å²) in [7, 11) is 0. The second-order valence-corrected chi connectivity index (χ2v) is 18.6. The van der Waals surface area contributed by atoms with Gasteiger partial charge in [0.25, 0.3) is 0 Å². The molecule has 61 heavy (non-hydrogen) atoms. The molecule has 1 aliphatic rings. The molecule has 0 saturated heterocycles. The fourth-order valence-electron chi connectivity index (χ4n) is 11.3. The van der Waals surface area contributed by atoms with E-state index in [0.717, 1.165) is 0 Å². The number of thiophene rings is 1. The topological polar surface area (TPSA) is 0 Å². The summed E-state index contributed by atoms with van der Waals surface area (Å²) in [6.07, 6.45) is 0. The number of hydrogen-bond donors (Lipinski definition) is 0. The largest absolute Gasteiger partial charge is 0.135 e. The third kappa shape index (κ3) is 5.24. The number of fused-ring (bicyclic) bond motifs is 8. The second-order valence-electron chi connectivity index (χ2n) is 17.5. The second kappa shape index (κ2) is 13.4. The Labute approximate surface area is 361 Å². The van der Waals surface area contributed by atoms with Gasteiger partial charge in [-0.3, -0.25) is 0 Å². The highest BCUT2D eigenvalue weighted by atomic mass is 32.1. The molecule has 12 rings (SSSR count). The van der Waals surface area contributed by atoms with Crippen LogP contribution in [0.15, 0.2) is 158 Å². The van der Waals surface area contributed by atoms with Crippen LogP contribution in [0.3, 0.4) is 0 Å². The number of aryl methyl sites for hydroxylation is 6. The van der Waals surface area contributed by atoms with E-state index in [1.54, 1.807) is 0 Å². The Morgan fingerprint density at radius 3 is 1.49 bits per heavy atom. The molecule has 0 nitrogen and oxygen atoms in total. The van der Waals surface area contributed by atoms with Gasteiger partial charge in [-0.25, -0.2) is 0 Å². The first-order valence-electron chi connectivity index (χ1n) is 21.5. The van der Waals surface area contributed by atoms with Crippen molar-refractivity contribution in [1.82, 2.24) is 0 Å². The molecule has 0 N–H and O–H groups in total. The molecule has 1 heteroatoms. The van der Waals surface area contributed by atoms with E-state index in [0.29, 0.717) is 0 Å². The summed E-state index contributed by atoms with van der Waals surface area (Å²) < 4.78 is 2.66. The van der Waals surface area contributed by atoms with Crippen molar-refractivity contribution in [2.24, 2.45) is 0 Å². The minimum Gasteiger partial charge on any atom is -0.135 e. The predicted molar refractivity (Wildman–Crippen MR) is 266 cm³/mol. The van der Waals surface area contributed by atoms with Crippen LogP contribution in [0.5, 0.6) is 0 Å². The molecule has 11 aromatic rings. The van der Waals surface area contributed by atoms with Crippen molar-refractivity contribution in [3.05, 3.63) is 191 Å². The van der Waals surface area contributed by atoms with Crippen molar-refractivity contribution in [1.29, 1.82) is 0 Å². The molecule has 0 atom stereocenters. The molecule has 290 valence electrons. The standard InChI is InChI=1S/C60H44S/c1-33-27-35(3)52(36(4)28-33)56-44-19-12-13-20-45(44)57(53-37(5)29-34(2)30-38(53)6)59-48-25-24-46(43-21-14-22-47(54(43)48)58(56)59)55-42-18-11-10-17-41(42)32-50-49-31-40(39-15-8-7-9-16-39)23-26-51(49)61-60(50)55/h7-32H,1-6H3. The SMILES string of the molecule is Cc1cc(C)c(-c2c3c(c(-c4c(C)cc(C)cc4C)c4ccccc24)-c2ccc(-c4c5ccccc5cc5c4sc4ccc(-c6ccccc6)cc45)c4cccc-3c24)c(C)c1. The zero-order chi connectivity index (χ0) is 41.3. The lowest BCUT2D eigenvalue weighted by molar-refractivity contribution is 1.32. The van der Waals surface area contributed by atoms with Crippen molar-refractivity contribution in [3.63, 3.8) is 0 Å². The third-order valence-corrected chi connectivity index (χ3v) is 14.7. The van der Waals surface area contributed by atoms with E-state index in [9.17, 15) is 0 Å². The van der Waals surface area contributed by atoms with Gasteiger partial charge in [0.05, 0.1) is 0 Å². The summed E-state index contributed by atoms with van der Waals surface area (Å²) in [5, 5.41) is 10.5. The van der Waals surface area contributed by atoms with Gasteiger partial charge in [0.2, 0.25) is 0 Å². The summed E-state index contributed by atoms with van der Waals surface area (Å²) in [6.45, 7) is 13.7. The molecular weight excluding hydrogens is 753 g/mol. The Kier molecular flexibility index (Phi) is 7.90. The van der Waals surface area contributed by atoms with E-state index in [2.05, 4.69) is 199 Å². The molecule has 0 bridgehead atoms. The fraction of sp³-hybridized carbons (Fsp3) is 0.100. The van der Waals surface area contributed by atoms with Crippen LogP contribution in [0.2, 0.25) is 0 Å². The van der Waals surface area contributed by atoms with E-state index in [1.165, 1.54) is 153 Å². The van der Waals surface area contributed by atoms with Gasteiger partial charge in [-0.1, -0.05) is 151 Å². The highest BCUT2D eigenvalue weighted by Crippen LogP contribution is 2.60. The summed E-state index contributed by atoms with van der Waals surface area (Å²) in [5.41, 5.74) is 23.8. The van der Waals surface area contributed by atoms with Crippen LogP contribution in [-0.2, 0) is 0 Å². The normalized spacial score (nSPS) is 12.1. The van der Waals surface area contributed by atoms with Crippen LogP contribution in [0.4, 0.5) is 0 Å². The van der Waals surface area contributed by atoms with Crippen molar-refractivity contribution >= 4 is 63.8 Å². The first kappa shape index (κ1) is 36.1. The van der Waals surface area contributed by atoms with Gasteiger partial charge in [-0.2, -0.15) is 0 Å².